The molecule has 11 heteroatoms. The van der Waals surface area contributed by atoms with Gasteiger partial charge in [0, 0.05) is 0 Å². The Balaban J connectivity index is 2.99. The molecule has 0 aliphatic carbocycles. The molecule has 0 saturated heterocycles. The number of carboxylic acid groups (broad SMARTS) is 1. The van der Waals surface area contributed by atoms with Gasteiger partial charge in [-0.15, -0.1) is 0 Å². The number of hydrogen-bond acceptors (Lipinski definition) is 3. The van der Waals surface area contributed by atoms with Crippen molar-refractivity contribution >= 4 is 27.6 Å². The molecule has 0 aromatic heterocycles. The zero-order valence-corrected chi connectivity index (χ0v) is 11.6. The minimum atomic E-state index is -4.53. The average molecular weight is 350 g/mol. The number of halogens is 5. The van der Waals surface area contributed by atoms with Crippen LogP contribution in [-0.2, 0) is 10.0 Å². The minimum Gasteiger partial charge on any atom is -0.478 e. The van der Waals surface area contributed by atoms with E-state index in [1.807, 2.05) is 0 Å². The summed E-state index contributed by atoms with van der Waals surface area (Å²) in [6, 6.07) is 2.37. The van der Waals surface area contributed by atoms with Crippen LogP contribution >= 0.6 is 11.6 Å². The number of carboxylic acids is 1. The summed E-state index contributed by atoms with van der Waals surface area (Å²) in [7, 11) is -4.53. The van der Waals surface area contributed by atoms with Gasteiger partial charge in [0.15, 0.2) is 0 Å². The molecular weight excluding hydrogens is 342 g/mol. The fourth-order valence-electron chi connectivity index (χ4n) is 1.19. The summed E-state index contributed by atoms with van der Waals surface area (Å²) in [6.07, 6.45) is -4.03. The SMILES string of the molecule is O=C(O)c1ccc(S(=O)(=O)NCC(F)(F)C(F)F)cc1Cl. The molecule has 0 saturated carbocycles. The first-order valence-electron chi connectivity index (χ1n) is 5.16. The molecule has 0 bridgehead atoms. The number of nitrogens with one attached hydrogen (secondary N) is 1. The third-order valence-corrected chi connectivity index (χ3v) is 4.01. The molecule has 0 amide bonds. The molecule has 118 valence electrons. The first kappa shape index (κ1) is 17.7. The van der Waals surface area contributed by atoms with Gasteiger partial charge in [-0.3, -0.25) is 0 Å². The molecule has 1 aromatic carbocycles. The second-order valence-corrected chi connectivity index (χ2v) is 6.01. The Bertz CT molecular complexity index is 650. The summed E-state index contributed by atoms with van der Waals surface area (Å²) in [5.74, 6) is -5.95. The Morgan fingerprint density at radius 1 is 1.38 bits per heavy atom. The van der Waals surface area contributed by atoms with E-state index >= 15 is 0 Å². The predicted molar refractivity (Wildman–Crippen MR) is 64.6 cm³/mol. The number of sulfonamides is 1. The van der Waals surface area contributed by atoms with Gasteiger partial charge in [-0.1, -0.05) is 11.6 Å². The van der Waals surface area contributed by atoms with Gasteiger partial charge in [0.05, 0.1) is 22.0 Å². The van der Waals surface area contributed by atoms with Gasteiger partial charge < -0.3 is 5.11 Å². The van der Waals surface area contributed by atoms with Crippen LogP contribution in [0.1, 0.15) is 10.4 Å². The molecule has 1 aromatic rings. The van der Waals surface area contributed by atoms with Crippen molar-refractivity contribution in [3.05, 3.63) is 28.8 Å². The molecule has 0 fully saturated rings. The highest BCUT2D eigenvalue weighted by molar-refractivity contribution is 7.89. The van der Waals surface area contributed by atoms with Gasteiger partial charge >= 0.3 is 18.3 Å². The van der Waals surface area contributed by atoms with Crippen molar-refractivity contribution in [2.75, 3.05) is 6.54 Å². The number of hydrogen-bond donors (Lipinski definition) is 2. The third-order valence-electron chi connectivity index (χ3n) is 2.30. The zero-order chi connectivity index (χ0) is 16.4. The fraction of sp³-hybridized carbons (Fsp3) is 0.300. The maximum atomic E-state index is 12.7. The van der Waals surface area contributed by atoms with Crippen LogP contribution in [0.4, 0.5) is 17.6 Å². The van der Waals surface area contributed by atoms with Gasteiger partial charge in [-0.25, -0.2) is 26.7 Å². The lowest BCUT2D eigenvalue weighted by Gasteiger charge is -2.16. The Kier molecular flexibility index (Phi) is 5.18. The quantitative estimate of drug-likeness (QED) is 0.771. The molecule has 0 radical (unpaired) electrons. The third kappa shape index (κ3) is 4.29. The molecule has 0 atom stereocenters. The van der Waals surface area contributed by atoms with Crippen molar-refractivity contribution in [1.82, 2.24) is 4.72 Å². The van der Waals surface area contributed by atoms with Crippen LogP contribution in [0.2, 0.25) is 5.02 Å². The van der Waals surface area contributed by atoms with E-state index in [2.05, 4.69) is 0 Å². The van der Waals surface area contributed by atoms with E-state index in [-0.39, 0.29) is 0 Å². The van der Waals surface area contributed by atoms with Crippen molar-refractivity contribution in [3.8, 4) is 0 Å². The van der Waals surface area contributed by atoms with E-state index in [0.29, 0.717) is 6.07 Å². The van der Waals surface area contributed by atoms with E-state index < -0.39 is 50.4 Å². The van der Waals surface area contributed by atoms with Crippen LogP contribution in [-0.4, -0.2) is 38.4 Å². The number of aromatic carboxylic acids is 1. The van der Waals surface area contributed by atoms with Crippen LogP contribution in [0.5, 0.6) is 0 Å². The summed E-state index contributed by atoms with van der Waals surface area (Å²) < 4.78 is 73.8. The maximum Gasteiger partial charge on any atom is 0.337 e. The summed E-state index contributed by atoms with van der Waals surface area (Å²) in [5.41, 5.74) is -0.395. The zero-order valence-electron chi connectivity index (χ0n) is 9.99. The summed E-state index contributed by atoms with van der Waals surface area (Å²) in [4.78, 5) is 10.1. The Hall–Kier alpha value is -1.39. The highest BCUT2D eigenvalue weighted by atomic mass is 35.5. The summed E-state index contributed by atoms with van der Waals surface area (Å²) >= 11 is 5.53. The topological polar surface area (TPSA) is 83.5 Å². The van der Waals surface area contributed by atoms with Crippen molar-refractivity contribution in [2.24, 2.45) is 0 Å². The molecule has 5 nitrogen and oxygen atoms in total. The fourth-order valence-corrected chi connectivity index (χ4v) is 2.58. The van der Waals surface area contributed by atoms with Crippen LogP contribution in [0.15, 0.2) is 23.1 Å². The molecule has 0 unspecified atom stereocenters. The molecule has 0 spiro atoms. The summed E-state index contributed by atoms with van der Waals surface area (Å²) in [5, 5.41) is 8.26. The van der Waals surface area contributed by atoms with Gasteiger partial charge in [0.2, 0.25) is 10.0 Å². The lowest BCUT2D eigenvalue weighted by atomic mass is 10.2. The van der Waals surface area contributed by atoms with Crippen LogP contribution < -0.4 is 4.72 Å². The number of rotatable bonds is 6. The minimum absolute atomic E-state index is 0.395. The van der Waals surface area contributed by atoms with Crippen molar-refractivity contribution in [1.29, 1.82) is 0 Å². The molecule has 0 aliphatic rings. The largest absolute Gasteiger partial charge is 0.478 e. The van der Waals surface area contributed by atoms with E-state index in [9.17, 15) is 30.8 Å². The molecule has 2 N–H and O–H groups in total. The van der Waals surface area contributed by atoms with Crippen LogP contribution in [0.25, 0.3) is 0 Å². The first-order valence-corrected chi connectivity index (χ1v) is 7.02. The average Bonchev–Trinajstić information content (AvgIpc) is 2.36. The first-order chi connectivity index (χ1) is 9.47. The van der Waals surface area contributed by atoms with E-state index in [1.54, 1.807) is 0 Å². The second kappa shape index (κ2) is 6.16. The Labute approximate surface area is 121 Å². The molecule has 0 heterocycles. The van der Waals surface area contributed by atoms with Crippen molar-refractivity contribution in [3.63, 3.8) is 0 Å². The van der Waals surface area contributed by atoms with Gasteiger partial charge in [-0.05, 0) is 18.2 Å². The number of benzene rings is 1. The Morgan fingerprint density at radius 2 is 1.95 bits per heavy atom. The Morgan fingerprint density at radius 3 is 2.38 bits per heavy atom. The lowest BCUT2D eigenvalue weighted by molar-refractivity contribution is -0.122. The molecular formula is C10H8ClF4NO4S. The molecule has 21 heavy (non-hydrogen) atoms. The normalized spacial score (nSPS) is 12.7. The van der Waals surface area contributed by atoms with Crippen LogP contribution in [0, 0.1) is 0 Å². The van der Waals surface area contributed by atoms with Gasteiger partial charge in [0.1, 0.15) is 0 Å². The van der Waals surface area contributed by atoms with E-state index in [1.165, 1.54) is 4.72 Å². The van der Waals surface area contributed by atoms with E-state index in [0.717, 1.165) is 12.1 Å². The number of alkyl halides is 4. The highest BCUT2D eigenvalue weighted by Crippen LogP contribution is 2.24. The van der Waals surface area contributed by atoms with Gasteiger partial charge in [-0.2, -0.15) is 8.78 Å². The highest BCUT2D eigenvalue weighted by Gasteiger charge is 2.41. The smallest absolute Gasteiger partial charge is 0.337 e. The van der Waals surface area contributed by atoms with Crippen LogP contribution in [0.3, 0.4) is 0 Å². The predicted octanol–water partition coefficient (Wildman–Crippen LogP) is 2.22. The van der Waals surface area contributed by atoms with Crippen molar-refractivity contribution < 1.29 is 35.9 Å². The monoisotopic (exact) mass is 349 g/mol. The van der Waals surface area contributed by atoms with E-state index in [4.69, 9.17) is 16.7 Å². The standard InChI is InChI=1S/C10H8ClF4NO4S/c11-7-3-5(1-2-6(7)8(17)18)21(19,20)16-4-10(14,15)9(12)13/h1-3,9,16H,4H2,(H,17,18). The summed E-state index contributed by atoms with van der Waals surface area (Å²) in [6.45, 7) is -1.80. The molecule has 1 rings (SSSR count). The number of carbonyl (C=O) groups is 1. The lowest BCUT2D eigenvalue weighted by Crippen LogP contribution is -2.41. The second-order valence-electron chi connectivity index (χ2n) is 3.83. The maximum absolute atomic E-state index is 12.7. The molecule has 0 aliphatic heterocycles. The van der Waals surface area contributed by atoms with Crippen molar-refractivity contribution in [2.45, 2.75) is 17.2 Å². The van der Waals surface area contributed by atoms with Gasteiger partial charge in [0.25, 0.3) is 0 Å².